The average molecular weight is 450 g/mol. The highest BCUT2D eigenvalue weighted by Gasteiger charge is 2.18. The van der Waals surface area contributed by atoms with Gasteiger partial charge in [0.15, 0.2) is 5.65 Å². The molecule has 8 heteroatoms. The summed E-state index contributed by atoms with van der Waals surface area (Å²) < 4.78 is 21.1. The minimum atomic E-state index is -0.237. The summed E-state index contributed by atoms with van der Waals surface area (Å²) in [6, 6.07) is 16.8. The van der Waals surface area contributed by atoms with Crippen LogP contribution in [0.2, 0.25) is 0 Å². The Morgan fingerprint density at radius 2 is 2.06 bits per heavy atom. The number of methoxy groups -OCH3 is 1. The molecule has 0 radical (unpaired) electrons. The Kier molecular flexibility index (Phi) is 5.61. The number of thioether (sulfide) groups is 1. The fourth-order valence-electron chi connectivity index (χ4n) is 3.95. The average Bonchev–Trinajstić information content (AvgIpc) is 3.48. The molecule has 0 saturated carbocycles. The standard InChI is InChI=1S/C24H24FN5OS/c1-28(15-17-4-3-5-18(25)12-17)24-9-8-23-26-14-21(30(23)27-24)20-7-6-19(13-22(20)31-2)29-10-11-32-16-29/h3-9,12-14H,10-11,15-16H2,1-2H3. The maximum absolute atomic E-state index is 13.6. The number of hydrogen-bond donors (Lipinski definition) is 0. The van der Waals surface area contributed by atoms with Gasteiger partial charge in [-0.2, -0.15) is 0 Å². The first kappa shape index (κ1) is 20.6. The lowest BCUT2D eigenvalue weighted by atomic mass is 10.1. The van der Waals surface area contributed by atoms with Crippen LogP contribution in [0.1, 0.15) is 5.56 Å². The van der Waals surface area contributed by atoms with Crippen molar-refractivity contribution < 1.29 is 9.13 Å². The monoisotopic (exact) mass is 449 g/mol. The molecule has 1 aliphatic heterocycles. The Labute approximate surface area is 190 Å². The van der Waals surface area contributed by atoms with Crippen LogP contribution in [0.5, 0.6) is 5.75 Å². The summed E-state index contributed by atoms with van der Waals surface area (Å²) in [5, 5.41) is 4.82. The molecule has 2 aromatic carbocycles. The van der Waals surface area contributed by atoms with Gasteiger partial charge >= 0.3 is 0 Å². The summed E-state index contributed by atoms with van der Waals surface area (Å²) in [4.78, 5) is 8.87. The predicted molar refractivity (Wildman–Crippen MR) is 128 cm³/mol. The van der Waals surface area contributed by atoms with Gasteiger partial charge in [0.1, 0.15) is 17.4 Å². The molecule has 0 amide bonds. The zero-order valence-corrected chi connectivity index (χ0v) is 18.8. The van der Waals surface area contributed by atoms with Gasteiger partial charge in [-0.05, 0) is 42.0 Å². The number of ether oxygens (including phenoxy) is 1. The fourth-order valence-corrected chi connectivity index (χ4v) is 4.92. The van der Waals surface area contributed by atoms with E-state index in [2.05, 4.69) is 28.1 Å². The van der Waals surface area contributed by atoms with E-state index in [1.165, 1.54) is 6.07 Å². The second kappa shape index (κ2) is 8.70. The van der Waals surface area contributed by atoms with Crippen molar-refractivity contribution in [2.45, 2.75) is 6.54 Å². The van der Waals surface area contributed by atoms with Crippen LogP contribution >= 0.6 is 11.8 Å². The molecule has 0 unspecified atom stereocenters. The minimum Gasteiger partial charge on any atom is -0.496 e. The van der Waals surface area contributed by atoms with Gasteiger partial charge in [0.25, 0.3) is 0 Å². The Hall–Kier alpha value is -3.26. The van der Waals surface area contributed by atoms with E-state index in [0.29, 0.717) is 6.54 Å². The molecule has 0 spiro atoms. The maximum atomic E-state index is 13.6. The smallest absolute Gasteiger partial charge is 0.154 e. The third-order valence-electron chi connectivity index (χ3n) is 5.63. The highest BCUT2D eigenvalue weighted by molar-refractivity contribution is 7.99. The number of imidazole rings is 1. The first-order valence-corrected chi connectivity index (χ1v) is 11.6. The van der Waals surface area contributed by atoms with E-state index in [1.54, 1.807) is 19.2 Å². The molecular weight excluding hydrogens is 425 g/mol. The van der Waals surface area contributed by atoms with E-state index in [-0.39, 0.29) is 5.82 Å². The molecule has 0 N–H and O–H groups in total. The van der Waals surface area contributed by atoms with Crippen molar-refractivity contribution in [3.8, 4) is 17.0 Å². The molecule has 4 aromatic rings. The Bertz CT molecular complexity index is 1250. The molecule has 0 atom stereocenters. The highest BCUT2D eigenvalue weighted by atomic mass is 32.2. The SMILES string of the molecule is COc1cc(N2CCSC2)ccc1-c1cnc2ccc(N(C)Cc3cccc(F)c3)nn12. The summed E-state index contributed by atoms with van der Waals surface area (Å²) >= 11 is 1.94. The molecule has 3 heterocycles. The van der Waals surface area contributed by atoms with Gasteiger partial charge in [-0.15, -0.1) is 16.9 Å². The van der Waals surface area contributed by atoms with Gasteiger partial charge in [0.05, 0.1) is 24.9 Å². The molecule has 6 nitrogen and oxygen atoms in total. The second-order valence-corrected chi connectivity index (χ2v) is 8.85. The van der Waals surface area contributed by atoms with E-state index < -0.39 is 0 Å². The van der Waals surface area contributed by atoms with Crippen molar-refractivity contribution in [3.05, 3.63) is 72.2 Å². The number of nitrogens with zero attached hydrogens (tertiary/aromatic N) is 5. The van der Waals surface area contributed by atoms with Gasteiger partial charge in [-0.1, -0.05) is 12.1 Å². The predicted octanol–water partition coefficient (Wildman–Crippen LogP) is 4.69. The third-order valence-corrected chi connectivity index (χ3v) is 6.59. The van der Waals surface area contributed by atoms with Gasteiger partial charge in [-0.3, -0.25) is 0 Å². The summed E-state index contributed by atoms with van der Waals surface area (Å²) in [6.45, 7) is 1.59. The molecule has 32 heavy (non-hydrogen) atoms. The van der Waals surface area contributed by atoms with E-state index in [9.17, 15) is 4.39 Å². The summed E-state index contributed by atoms with van der Waals surface area (Å²) in [5.74, 6) is 3.47. The summed E-state index contributed by atoms with van der Waals surface area (Å²) in [5.41, 5.74) is 4.60. The quantitative estimate of drug-likeness (QED) is 0.426. The molecule has 1 saturated heterocycles. The van der Waals surface area contributed by atoms with Crippen LogP contribution in [0.4, 0.5) is 15.9 Å². The largest absolute Gasteiger partial charge is 0.496 e. The van der Waals surface area contributed by atoms with Crippen molar-refractivity contribution >= 4 is 28.9 Å². The molecule has 0 bridgehead atoms. The third kappa shape index (κ3) is 3.98. The van der Waals surface area contributed by atoms with E-state index in [0.717, 1.165) is 57.9 Å². The zero-order valence-electron chi connectivity index (χ0n) is 18.0. The first-order valence-electron chi connectivity index (χ1n) is 10.4. The summed E-state index contributed by atoms with van der Waals surface area (Å²) in [7, 11) is 3.63. The number of aromatic nitrogens is 3. The van der Waals surface area contributed by atoms with E-state index in [4.69, 9.17) is 9.84 Å². The Balaban J connectivity index is 1.48. The summed E-state index contributed by atoms with van der Waals surface area (Å²) in [6.07, 6.45) is 1.82. The highest BCUT2D eigenvalue weighted by Crippen LogP contribution is 2.35. The number of hydrogen-bond acceptors (Lipinski definition) is 6. The van der Waals surface area contributed by atoms with Crippen LogP contribution in [0.15, 0.2) is 60.8 Å². The molecule has 0 aliphatic carbocycles. The molecular formula is C24H24FN5OS. The van der Waals surface area contributed by atoms with Crippen LogP contribution in [-0.2, 0) is 6.54 Å². The molecule has 164 valence electrons. The van der Waals surface area contributed by atoms with E-state index in [1.807, 2.05) is 52.6 Å². The topological polar surface area (TPSA) is 45.9 Å². The lowest BCUT2D eigenvalue weighted by Crippen LogP contribution is -2.19. The fraction of sp³-hybridized carbons (Fsp3) is 0.250. The number of fused-ring (bicyclic) bond motifs is 1. The molecule has 1 aliphatic rings. The van der Waals surface area contributed by atoms with Crippen molar-refractivity contribution in [1.29, 1.82) is 0 Å². The van der Waals surface area contributed by atoms with Gasteiger partial charge < -0.3 is 14.5 Å². The van der Waals surface area contributed by atoms with Crippen molar-refractivity contribution in [2.24, 2.45) is 0 Å². The van der Waals surface area contributed by atoms with Gasteiger partial charge in [0, 0.05) is 43.2 Å². The Morgan fingerprint density at radius 3 is 2.84 bits per heavy atom. The van der Waals surface area contributed by atoms with Gasteiger partial charge in [-0.25, -0.2) is 13.9 Å². The maximum Gasteiger partial charge on any atom is 0.154 e. The normalized spacial score (nSPS) is 13.7. The van der Waals surface area contributed by atoms with Crippen molar-refractivity contribution in [1.82, 2.24) is 14.6 Å². The number of anilines is 2. The molecule has 2 aromatic heterocycles. The lowest BCUT2D eigenvalue weighted by Gasteiger charge is -2.20. The number of rotatable bonds is 6. The Morgan fingerprint density at radius 1 is 1.16 bits per heavy atom. The van der Waals surface area contributed by atoms with E-state index >= 15 is 0 Å². The first-order chi connectivity index (χ1) is 15.6. The van der Waals surface area contributed by atoms with Crippen LogP contribution in [0, 0.1) is 5.82 Å². The second-order valence-electron chi connectivity index (χ2n) is 7.78. The van der Waals surface area contributed by atoms with Crippen LogP contribution in [-0.4, -0.2) is 46.9 Å². The minimum absolute atomic E-state index is 0.237. The molecule has 5 rings (SSSR count). The number of halogens is 1. The van der Waals surface area contributed by atoms with Crippen LogP contribution < -0.4 is 14.5 Å². The lowest BCUT2D eigenvalue weighted by molar-refractivity contribution is 0.416. The van der Waals surface area contributed by atoms with Crippen molar-refractivity contribution in [2.75, 3.05) is 42.1 Å². The number of benzene rings is 2. The van der Waals surface area contributed by atoms with Crippen LogP contribution in [0.25, 0.3) is 16.9 Å². The van der Waals surface area contributed by atoms with Gasteiger partial charge in [0.2, 0.25) is 0 Å². The zero-order chi connectivity index (χ0) is 22.1. The molecule has 1 fully saturated rings. The van der Waals surface area contributed by atoms with Crippen molar-refractivity contribution in [3.63, 3.8) is 0 Å². The van der Waals surface area contributed by atoms with Crippen LogP contribution in [0.3, 0.4) is 0 Å².